The maximum atomic E-state index is 12.7. The maximum Gasteiger partial charge on any atom is 0.253 e. The monoisotopic (exact) mass is 246 g/mol. The van der Waals surface area contributed by atoms with Crippen molar-refractivity contribution in [3.63, 3.8) is 0 Å². The van der Waals surface area contributed by atoms with Crippen molar-refractivity contribution >= 4 is 5.78 Å². The molecule has 92 valence electrons. The van der Waals surface area contributed by atoms with E-state index >= 15 is 0 Å². The van der Waals surface area contributed by atoms with Crippen LogP contribution in [0.4, 0.5) is 4.39 Å². The smallest absolute Gasteiger partial charge is 0.253 e. The van der Waals surface area contributed by atoms with Gasteiger partial charge in [0, 0.05) is 17.3 Å². The van der Waals surface area contributed by atoms with Crippen LogP contribution in [0.1, 0.15) is 16.1 Å². The number of nitrogens with zero attached hydrogens (tertiary/aromatic N) is 2. The summed E-state index contributed by atoms with van der Waals surface area (Å²) in [4.78, 5) is 27.4. The molecule has 18 heavy (non-hydrogen) atoms. The van der Waals surface area contributed by atoms with E-state index < -0.39 is 5.82 Å². The van der Waals surface area contributed by atoms with Crippen molar-refractivity contribution < 1.29 is 9.18 Å². The van der Waals surface area contributed by atoms with Gasteiger partial charge in [0.1, 0.15) is 5.82 Å². The van der Waals surface area contributed by atoms with Gasteiger partial charge >= 0.3 is 0 Å². The van der Waals surface area contributed by atoms with E-state index in [2.05, 4.69) is 4.98 Å². The molecule has 0 aliphatic rings. The molecule has 4 nitrogen and oxygen atoms in total. The molecule has 0 bridgehead atoms. The van der Waals surface area contributed by atoms with E-state index in [0.29, 0.717) is 11.3 Å². The Kier molecular flexibility index (Phi) is 3.32. The molecule has 1 aromatic heterocycles. The van der Waals surface area contributed by atoms with Gasteiger partial charge < -0.3 is 0 Å². The number of carbonyl (C=O) groups is 1. The van der Waals surface area contributed by atoms with E-state index in [0.717, 1.165) is 0 Å². The van der Waals surface area contributed by atoms with Crippen LogP contribution in [-0.4, -0.2) is 15.3 Å². The van der Waals surface area contributed by atoms with Crippen LogP contribution in [0.3, 0.4) is 0 Å². The highest BCUT2D eigenvalue weighted by Gasteiger charge is 2.08. The summed E-state index contributed by atoms with van der Waals surface area (Å²) in [5.74, 6) is -0.663. The fourth-order valence-electron chi connectivity index (χ4n) is 1.52. The molecule has 0 amide bonds. The minimum atomic E-state index is -0.402. The molecule has 0 spiro atoms. The van der Waals surface area contributed by atoms with Gasteiger partial charge in [0.2, 0.25) is 0 Å². The third kappa shape index (κ3) is 2.68. The van der Waals surface area contributed by atoms with Gasteiger partial charge in [-0.05, 0) is 31.2 Å². The topological polar surface area (TPSA) is 52.0 Å². The minimum absolute atomic E-state index is 0.0995. The predicted octanol–water partition coefficient (Wildman–Crippen LogP) is 1.57. The average Bonchev–Trinajstić information content (AvgIpc) is 2.33. The summed E-state index contributed by atoms with van der Waals surface area (Å²) in [6, 6.07) is 6.57. The van der Waals surface area contributed by atoms with Crippen LogP contribution in [0.5, 0.6) is 0 Å². The van der Waals surface area contributed by atoms with E-state index in [4.69, 9.17) is 0 Å². The van der Waals surface area contributed by atoms with Crippen LogP contribution < -0.4 is 5.56 Å². The van der Waals surface area contributed by atoms with Crippen LogP contribution in [-0.2, 0) is 6.54 Å². The zero-order valence-corrected chi connectivity index (χ0v) is 9.76. The first-order chi connectivity index (χ1) is 8.56. The largest absolute Gasteiger partial charge is 0.292 e. The number of Topliss-reactive ketones (excluding diaryl/α,β-unsaturated/α-hetero) is 1. The number of benzene rings is 1. The normalized spacial score (nSPS) is 10.3. The van der Waals surface area contributed by atoms with Crippen LogP contribution in [0.25, 0.3) is 0 Å². The summed E-state index contributed by atoms with van der Waals surface area (Å²) in [7, 11) is 0. The van der Waals surface area contributed by atoms with Crippen molar-refractivity contribution in [2.75, 3.05) is 0 Å². The molecule has 2 rings (SSSR count). The molecule has 0 radical (unpaired) electrons. The number of rotatable bonds is 3. The first-order valence-corrected chi connectivity index (χ1v) is 5.38. The minimum Gasteiger partial charge on any atom is -0.292 e. The highest BCUT2D eigenvalue weighted by atomic mass is 19.1. The molecular formula is C13H11FN2O2. The zero-order chi connectivity index (χ0) is 13.1. The second kappa shape index (κ2) is 4.91. The molecular weight excluding hydrogens is 235 g/mol. The maximum absolute atomic E-state index is 12.7. The van der Waals surface area contributed by atoms with Gasteiger partial charge in [-0.2, -0.15) is 0 Å². The number of hydrogen-bond donors (Lipinski definition) is 0. The predicted molar refractivity (Wildman–Crippen MR) is 64.0 cm³/mol. The Balaban J connectivity index is 2.21. The van der Waals surface area contributed by atoms with Crippen LogP contribution in [0, 0.1) is 12.7 Å². The molecule has 0 atom stereocenters. The SMILES string of the molecule is Cc1cc(=O)n(CC(=O)c2ccc(F)cc2)cn1. The van der Waals surface area contributed by atoms with E-state index in [1.165, 1.54) is 41.2 Å². The van der Waals surface area contributed by atoms with Crippen molar-refractivity contribution in [3.05, 3.63) is 64.1 Å². The van der Waals surface area contributed by atoms with Gasteiger partial charge in [-0.15, -0.1) is 0 Å². The van der Waals surface area contributed by atoms with Gasteiger partial charge in [-0.1, -0.05) is 0 Å². The third-order valence-corrected chi connectivity index (χ3v) is 2.50. The zero-order valence-electron chi connectivity index (χ0n) is 9.76. The molecule has 0 saturated heterocycles. The summed E-state index contributed by atoms with van der Waals surface area (Å²) < 4.78 is 13.9. The fraction of sp³-hybridized carbons (Fsp3) is 0.154. The van der Waals surface area contributed by atoms with Gasteiger partial charge in [0.25, 0.3) is 5.56 Å². The number of ketones is 1. The molecule has 0 aliphatic carbocycles. The molecule has 0 saturated carbocycles. The Hall–Kier alpha value is -2.30. The Morgan fingerprint density at radius 2 is 2.00 bits per heavy atom. The number of halogens is 1. The summed E-state index contributed by atoms with van der Waals surface area (Å²) in [5, 5.41) is 0. The molecule has 1 heterocycles. The third-order valence-electron chi connectivity index (χ3n) is 2.50. The van der Waals surface area contributed by atoms with Gasteiger partial charge in [-0.3, -0.25) is 14.2 Å². The summed E-state index contributed by atoms with van der Waals surface area (Å²) in [6.45, 7) is 1.60. The fourth-order valence-corrected chi connectivity index (χ4v) is 1.52. The molecule has 1 aromatic carbocycles. The molecule has 0 unspecified atom stereocenters. The summed E-state index contributed by atoms with van der Waals surface area (Å²) in [6.07, 6.45) is 1.33. The first-order valence-electron chi connectivity index (χ1n) is 5.38. The van der Waals surface area contributed by atoms with Crippen molar-refractivity contribution in [1.29, 1.82) is 0 Å². The van der Waals surface area contributed by atoms with E-state index in [1.54, 1.807) is 6.92 Å². The quantitative estimate of drug-likeness (QED) is 0.772. The number of aromatic nitrogens is 2. The number of hydrogen-bond acceptors (Lipinski definition) is 3. The van der Waals surface area contributed by atoms with Gasteiger partial charge in [0.05, 0.1) is 12.9 Å². The molecule has 5 heteroatoms. The molecule has 0 N–H and O–H groups in total. The Morgan fingerprint density at radius 3 is 2.61 bits per heavy atom. The average molecular weight is 246 g/mol. The Bertz CT molecular complexity index is 632. The second-order valence-electron chi connectivity index (χ2n) is 3.93. The van der Waals surface area contributed by atoms with Crippen LogP contribution in [0.2, 0.25) is 0 Å². The van der Waals surface area contributed by atoms with Gasteiger partial charge in [-0.25, -0.2) is 9.37 Å². The summed E-state index contributed by atoms with van der Waals surface area (Å²) >= 11 is 0. The van der Waals surface area contributed by atoms with Crippen molar-refractivity contribution in [3.8, 4) is 0 Å². The van der Waals surface area contributed by atoms with Crippen molar-refractivity contribution in [2.45, 2.75) is 13.5 Å². The lowest BCUT2D eigenvalue weighted by molar-refractivity contribution is 0.0970. The highest BCUT2D eigenvalue weighted by Crippen LogP contribution is 2.04. The van der Waals surface area contributed by atoms with E-state index in [9.17, 15) is 14.0 Å². The highest BCUT2D eigenvalue weighted by molar-refractivity contribution is 5.95. The van der Waals surface area contributed by atoms with Crippen molar-refractivity contribution in [2.24, 2.45) is 0 Å². The Labute approximate surface area is 103 Å². The van der Waals surface area contributed by atoms with E-state index in [-0.39, 0.29) is 17.9 Å². The molecule has 0 fully saturated rings. The second-order valence-corrected chi connectivity index (χ2v) is 3.93. The van der Waals surface area contributed by atoms with Gasteiger partial charge in [0.15, 0.2) is 5.78 Å². The Morgan fingerprint density at radius 1 is 1.33 bits per heavy atom. The summed E-state index contributed by atoms with van der Waals surface area (Å²) in [5.41, 5.74) is 0.687. The van der Waals surface area contributed by atoms with Crippen LogP contribution in [0.15, 0.2) is 41.5 Å². The number of aryl methyl sites for hydroxylation is 1. The lowest BCUT2D eigenvalue weighted by atomic mass is 10.1. The van der Waals surface area contributed by atoms with Crippen LogP contribution >= 0.6 is 0 Å². The standard InChI is InChI=1S/C13H11FN2O2/c1-9-6-13(18)16(8-15-9)7-12(17)10-2-4-11(14)5-3-10/h2-6,8H,7H2,1H3. The lowest BCUT2D eigenvalue weighted by Gasteiger charge is -2.04. The number of carbonyl (C=O) groups excluding carboxylic acids is 1. The van der Waals surface area contributed by atoms with Crippen molar-refractivity contribution in [1.82, 2.24) is 9.55 Å². The lowest BCUT2D eigenvalue weighted by Crippen LogP contribution is -2.24. The first kappa shape index (κ1) is 12.2. The van der Waals surface area contributed by atoms with E-state index in [1.807, 2.05) is 0 Å². The molecule has 2 aromatic rings. The molecule has 0 aliphatic heterocycles.